The molecule has 2 aromatic rings. The van der Waals surface area contributed by atoms with Gasteiger partial charge in [-0.1, -0.05) is 18.2 Å². The lowest BCUT2D eigenvalue weighted by Gasteiger charge is -2.05. The van der Waals surface area contributed by atoms with Crippen LogP contribution in [-0.2, 0) is 6.42 Å². The Morgan fingerprint density at radius 3 is 2.69 bits per heavy atom. The summed E-state index contributed by atoms with van der Waals surface area (Å²) in [6.45, 7) is 0.536. The Bertz CT molecular complexity index is 445. The van der Waals surface area contributed by atoms with E-state index < -0.39 is 0 Å². The predicted molar refractivity (Wildman–Crippen MR) is 61.3 cm³/mol. The topological polar surface area (TPSA) is 61.0 Å². The van der Waals surface area contributed by atoms with Crippen LogP contribution in [0.25, 0.3) is 0 Å². The summed E-state index contributed by atoms with van der Waals surface area (Å²) in [5, 5.41) is 0. The first-order valence-corrected chi connectivity index (χ1v) is 5.13. The molecule has 0 radical (unpaired) electrons. The second kappa shape index (κ2) is 5.23. The Hall–Kier alpha value is -1.94. The molecule has 16 heavy (non-hydrogen) atoms. The van der Waals surface area contributed by atoms with Crippen LogP contribution in [0, 0.1) is 0 Å². The molecule has 0 amide bonds. The van der Waals surface area contributed by atoms with Gasteiger partial charge in [0.1, 0.15) is 11.6 Å². The van der Waals surface area contributed by atoms with Crippen LogP contribution in [0.1, 0.15) is 5.82 Å². The lowest BCUT2D eigenvalue weighted by atomic mass is 10.3. The Morgan fingerprint density at radius 1 is 1.12 bits per heavy atom. The number of ether oxygens (including phenoxy) is 1. The van der Waals surface area contributed by atoms with Gasteiger partial charge in [0.25, 0.3) is 0 Å². The van der Waals surface area contributed by atoms with Crippen LogP contribution in [-0.4, -0.2) is 16.5 Å². The first-order chi connectivity index (χ1) is 7.88. The molecule has 0 atom stereocenters. The molecule has 2 N–H and O–H groups in total. The van der Waals surface area contributed by atoms with Crippen molar-refractivity contribution in [3.63, 3.8) is 0 Å². The van der Waals surface area contributed by atoms with E-state index in [9.17, 15) is 0 Å². The highest BCUT2D eigenvalue weighted by Gasteiger charge is 2.00. The number of aromatic nitrogens is 2. The maximum absolute atomic E-state index is 5.57. The molecular weight excluding hydrogens is 202 g/mol. The minimum atomic E-state index is 0.536. The molecule has 0 spiro atoms. The zero-order valence-corrected chi connectivity index (χ0v) is 8.84. The van der Waals surface area contributed by atoms with Gasteiger partial charge in [-0.25, -0.2) is 4.98 Å². The van der Waals surface area contributed by atoms with E-state index >= 15 is 0 Å². The molecule has 4 nitrogen and oxygen atoms in total. The van der Waals surface area contributed by atoms with E-state index in [2.05, 4.69) is 9.97 Å². The van der Waals surface area contributed by atoms with Crippen molar-refractivity contribution in [1.82, 2.24) is 9.97 Å². The average molecular weight is 215 g/mol. The van der Waals surface area contributed by atoms with Gasteiger partial charge < -0.3 is 10.5 Å². The van der Waals surface area contributed by atoms with Gasteiger partial charge in [-0.05, 0) is 18.7 Å². The van der Waals surface area contributed by atoms with Gasteiger partial charge >= 0.3 is 0 Å². The maximum atomic E-state index is 5.57. The van der Waals surface area contributed by atoms with E-state index in [-0.39, 0.29) is 0 Å². The monoisotopic (exact) mass is 215 g/mol. The van der Waals surface area contributed by atoms with E-state index in [1.54, 1.807) is 12.3 Å². The van der Waals surface area contributed by atoms with Crippen LogP contribution in [0.2, 0.25) is 0 Å². The van der Waals surface area contributed by atoms with Crippen molar-refractivity contribution >= 4 is 0 Å². The molecule has 0 unspecified atom stereocenters. The van der Waals surface area contributed by atoms with E-state index in [4.69, 9.17) is 10.5 Å². The summed E-state index contributed by atoms with van der Waals surface area (Å²) in [5.74, 6) is 2.01. The summed E-state index contributed by atoms with van der Waals surface area (Å²) in [7, 11) is 0. The number of nitrogens with zero attached hydrogens (tertiary/aromatic N) is 2. The zero-order valence-electron chi connectivity index (χ0n) is 8.84. The van der Waals surface area contributed by atoms with Crippen molar-refractivity contribution in [1.29, 1.82) is 0 Å². The van der Waals surface area contributed by atoms with Crippen molar-refractivity contribution in [3.8, 4) is 11.6 Å². The van der Waals surface area contributed by atoms with Gasteiger partial charge in [0.05, 0.1) is 0 Å². The van der Waals surface area contributed by atoms with Crippen molar-refractivity contribution < 1.29 is 4.74 Å². The largest absolute Gasteiger partial charge is 0.439 e. The Morgan fingerprint density at radius 2 is 1.94 bits per heavy atom. The van der Waals surface area contributed by atoms with E-state index in [0.717, 1.165) is 5.75 Å². The smallest absolute Gasteiger partial charge is 0.222 e. The van der Waals surface area contributed by atoms with Gasteiger partial charge in [0, 0.05) is 18.7 Å². The zero-order chi connectivity index (χ0) is 11.2. The third kappa shape index (κ3) is 2.77. The summed E-state index contributed by atoms with van der Waals surface area (Å²) in [5.41, 5.74) is 5.44. The van der Waals surface area contributed by atoms with Gasteiger partial charge in [-0.15, -0.1) is 0 Å². The van der Waals surface area contributed by atoms with E-state index in [1.807, 2.05) is 30.3 Å². The van der Waals surface area contributed by atoms with Gasteiger partial charge in [0.2, 0.25) is 5.88 Å². The number of nitrogens with two attached hydrogens (primary N) is 1. The first-order valence-electron chi connectivity index (χ1n) is 5.13. The number of rotatable bonds is 4. The minimum absolute atomic E-state index is 0.536. The number of hydrogen-bond acceptors (Lipinski definition) is 4. The van der Waals surface area contributed by atoms with E-state index in [0.29, 0.717) is 24.7 Å². The molecule has 0 fully saturated rings. The van der Waals surface area contributed by atoms with Crippen LogP contribution in [0.5, 0.6) is 11.6 Å². The second-order valence-electron chi connectivity index (χ2n) is 3.26. The molecule has 0 saturated heterocycles. The molecule has 2 rings (SSSR count). The van der Waals surface area contributed by atoms with Crippen LogP contribution >= 0.6 is 0 Å². The van der Waals surface area contributed by atoms with Crippen molar-refractivity contribution in [2.75, 3.05) is 6.54 Å². The molecule has 0 aliphatic carbocycles. The summed E-state index contributed by atoms with van der Waals surface area (Å²) < 4.78 is 5.57. The maximum Gasteiger partial charge on any atom is 0.222 e. The number of benzene rings is 1. The SMILES string of the molecule is NCCc1nccc(Oc2ccccc2)n1. The number of para-hydroxylation sites is 1. The summed E-state index contributed by atoms with van der Waals surface area (Å²) in [4.78, 5) is 8.34. The summed E-state index contributed by atoms with van der Waals surface area (Å²) in [6, 6.07) is 11.3. The lowest BCUT2D eigenvalue weighted by Crippen LogP contribution is -2.06. The lowest BCUT2D eigenvalue weighted by molar-refractivity contribution is 0.458. The van der Waals surface area contributed by atoms with Crippen LogP contribution in [0.3, 0.4) is 0 Å². The Labute approximate surface area is 94.1 Å². The molecule has 0 aliphatic heterocycles. The van der Waals surface area contributed by atoms with Crippen molar-refractivity contribution in [2.45, 2.75) is 6.42 Å². The molecule has 0 aliphatic rings. The highest BCUT2D eigenvalue weighted by molar-refractivity contribution is 5.26. The van der Waals surface area contributed by atoms with Crippen molar-refractivity contribution in [3.05, 3.63) is 48.4 Å². The number of hydrogen-bond donors (Lipinski definition) is 1. The summed E-state index contributed by atoms with van der Waals surface area (Å²) in [6.07, 6.45) is 2.34. The second-order valence-corrected chi connectivity index (χ2v) is 3.26. The van der Waals surface area contributed by atoms with Crippen molar-refractivity contribution in [2.24, 2.45) is 5.73 Å². The third-order valence-corrected chi connectivity index (χ3v) is 2.01. The molecular formula is C12H13N3O. The predicted octanol–water partition coefficient (Wildman–Crippen LogP) is 1.77. The molecule has 0 saturated carbocycles. The quantitative estimate of drug-likeness (QED) is 0.844. The van der Waals surface area contributed by atoms with Crippen LogP contribution in [0.15, 0.2) is 42.6 Å². The standard InChI is InChI=1S/C12H13N3O/c13-8-6-11-14-9-7-12(15-11)16-10-4-2-1-3-5-10/h1-5,7,9H,6,8,13H2. The van der Waals surface area contributed by atoms with Crippen LogP contribution in [0.4, 0.5) is 0 Å². The molecule has 82 valence electrons. The fraction of sp³-hybridized carbons (Fsp3) is 0.167. The highest BCUT2D eigenvalue weighted by Crippen LogP contribution is 2.17. The Kier molecular flexibility index (Phi) is 3.46. The molecule has 0 bridgehead atoms. The highest BCUT2D eigenvalue weighted by atomic mass is 16.5. The fourth-order valence-corrected chi connectivity index (χ4v) is 1.30. The van der Waals surface area contributed by atoms with E-state index in [1.165, 1.54) is 0 Å². The Balaban J connectivity index is 2.12. The van der Waals surface area contributed by atoms with Gasteiger partial charge in [0.15, 0.2) is 0 Å². The molecule has 1 heterocycles. The molecule has 1 aromatic heterocycles. The fourth-order valence-electron chi connectivity index (χ4n) is 1.30. The van der Waals surface area contributed by atoms with Gasteiger partial charge in [-0.3, -0.25) is 0 Å². The average Bonchev–Trinajstić information content (AvgIpc) is 2.31. The van der Waals surface area contributed by atoms with Crippen LogP contribution < -0.4 is 10.5 Å². The van der Waals surface area contributed by atoms with Gasteiger partial charge in [-0.2, -0.15) is 4.98 Å². The molecule has 1 aromatic carbocycles. The minimum Gasteiger partial charge on any atom is -0.439 e. The molecule has 4 heteroatoms. The summed E-state index contributed by atoms with van der Waals surface area (Å²) >= 11 is 0. The normalized spacial score (nSPS) is 10.1. The third-order valence-electron chi connectivity index (χ3n) is 2.01. The first kappa shape index (κ1) is 10.6.